The van der Waals surface area contributed by atoms with E-state index in [1.165, 1.54) is 11.1 Å². The van der Waals surface area contributed by atoms with Crippen LogP contribution in [0.3, 0.4) is 0 Å². The zero-order chi connectivity index (χ0) is 36.2. The van der Waals surface area contributed by atoms with Gasteiger partial charge in [0.05, 0.1) is 30.3 Å². The van der Waals surface area contributed by atoms with Gasteiger partial charge in [-0.2, -0.15) is 0 Å². The molecule has 50 heavy (non-hydrogen) atoms. The summed E-state index contributed by atoms with van der Waals surface area (Å²) < 4.78 is 35.3. The highest BCUT2D eigenvalue weighted by molar-refractivity contribution is 7.90. The second-order valence-corrected chi connectivity index (χ2v) is 17.8. The normalized spacial score (nSPS) is 29.9. The Morgan fingerprint density at radius 3 is 2.56 bits per heavy atom. The highest BCUT2D eigenvalue weighted by atomic mass is 35.5. The summed E-state index contributed by atoms with van der Waals surface area (Å²) in [7, 11) is -0.197. The SMILES string of the molecule is CN(C)C[C@H](O)CO.C[C@@H]1[C@@H](C)CCCC(C=O)[C@@H]2CC[C@H]2CN2C[C@@]3(CCCc4cc(Cl)ccc43)COc3ccc(cc32)C(=O)NS1(=O)=O. The zero-order valence-corrected chi connectivity index (χ0v) is 31.4. The number of nitrogens with zero attached hydrogens (tertiary/aromatic N) is 2. The van der Waals surface area contributed by atoms with Crippen LogP contribution in [0.25, 0.3) is 0 Å². The first-order chi connectivity index (χ1) is 23.8. The molecule has 0 radical (unpaired) electrons. The number of likely N-dealkylation sites (N-methyl/N-ethyl adjacent to an activating group) is 1. The van der Waals surface area contributed by atoms with Crippen LogP contribution in [0, 0.1) is 23.7 Å². The number of aldehydes is 1. The third-order valence-corrected chi connectivity index (χ3v) is 13.6. The van der Waals surface area contributed by atoms with Crippen LogP contribution in [0.2, 0.25) is 5.02 Å². The van der Waals surface area contributed by atoms with Gasteiger partial charge in [0, 0.05) is 41.6 Å². The van der Waals surface area contributed by atoms with E-state index < -0.39 is 27.3 Å². The van der Waals surface area contributed by atoms with Crippen molar-refractivity contribution in [3.05, 3.63) is 58.1 Å². The highest BCUT2D eigenvalue weighted by Crippen LogP contribution is 2.47. The number of nitrogens with one attached hydrogen (secondary N) is 1. The van der Waals surface area contributed by atoms with Crippen molar-refractivity contribution < 1.29 is 33.0 Å². The quantitative estimate of drug-likeness (QED) is 0.378. The molecule has 1 unspecified atom stereocenters. The Hall–Kier alpha value is -2.70. The zero-order valence-electron chi connectivity index (χ0n) is 29.8. The number of anilines is 1. The van der Waals surface area contributed by atoms with Crippen LogP contribution in [-0.4, -0.2) is 94.0 Å². The Balaban J connectivity index is 0.000000544. The lowest BCUT2D eigenvalue weighted by Gasteiger charge is -2.46. The second-order valence-electron chi connectivity index (χ2n) is 15.3. The Kier molecular flexibility index (Phi) is 12.6. The van der Waals surface area contributed by atoms with Gasteiger partial charge in [-0.25, -0.2) is 13.1 Å². The van der Waals surface area contributed by atoms with E-state index in [0.717, 1.165) is 68.5 Å². The van der Waals surface area contributed by atoms with Crippen LogP contribution < -0.4 is 14.4 Å². The van der Waals surface area contributed by atoms with Gasteiger partial charge < -0.3 is 29.5 Å². The summed E-state index contributed by atoms with van der Waals surface area (Å²) >= 11 is 6.39. The molecule has 1 fully saturated rings. The Morgan fingerprint density at radius 1 is 1.12 bits per heavy atom. The molecule has 2 aromatic rings. The molecule has 1 spiro atoms. The van der Waals surface area contributed by atoms with Gasteiger partial charge in [0.15, 0.2) is 0 Å². The first-order valence-electron chi connectivity index (χ1n) is 18.0. The number of benzene rings is 2. The fourth-order valence-electron chi connectivity index (χ4n) is 8.28. The van der Waals surface area contributed by atoms with E-state index in [9.17, 15) is 18.0 Å². The maximum atomic E-state index is 13.3. The molecule has 12 heteroatoms. The Bertz CT molecular complexity index is 1620. The number of rotatable bonds is 4. The number of carbonyl (C=O) groups is 2. The van der Waals surface area contributed by atoms with Crippen molar-refractivity contribution >= 4 is 39.5 Å². The minimum absolute atomic E-state index is 0.0315. The van der Waals surface area contributed by atoms with Crippen molar-refractivity contribution in [2.75, 3.05) is 51.8 Å². The number of aliphatic hydroxyl groups excluding tert-OH is 2. The summed E-state index contributed by atoms with van der Waals surface area (Å²) in [4.78, 5) is 29.8. The van der Waals surface area contributed by atoms with E-state index in [4.69, 9.17) is 26.6 Å². The molecule has 10 nitrogen and oxygen atoms in total. The molecule has 2 bridgehead atoms. The molecule has 4 aliphatic rings. The van der Waals surface area contributed by atoms with Crippen molar-refractivity contribution in [2.24, 2.45) is 23.7 Å². The minimum atomic E-state index is -3.89. The lowest BCUT2D eigenvalue weighted by molar-refractivity contribution is -0.115. The maximum Gasteiger partial charge on any atom is 0.264 e. The number of ether oxygens (including phenoxy) is 1. The molecular weight excluding hydrogens is 678 g/mol. The number of amides is 1. The van der Waals surface area contributed by atoms with Crippen LogP contribution in [0.5, 0.6) is 5.75 Å². The molecule has 0 saturated heterocycles. The van der Waals surface area contributed by atoms with Crippen LogP contribution in [0.15, 0.2) is 36.4 Å². The van der Waals surface area contributed by atoms with Gasteiger partial charge in [0.2, 0.25) is 10.0 Å². The predicted molar refractivity (Wildman–Crippen MR) is 196 cm³/mol. The van der Waals surface area contributed by atoms with Crippen molar-refractivity contribution in [1.29, 1.82) is 0 Å². The number of sulfonamides is 1. The van der Waals surface area contributed by atoms with Crippen LogP contribution in [0.1, 0.15) is 80.3 Å². The molecule has 276 valence electrons. The van der Waals surface area contributed by atoms with Gasteiger partial charge in [0.1, 0.15) is 12.0 Å². The minimum Gasteiger partial charge on any atom is -0.490 e. The Morgan fingerprint density at radius 2 is 1.90 bits per heavy atom. The van der Waals surface area contributed by atoms with E-state index in [2.05, 4.69) is 21.8 Å². The number of hydrogen-bond donors (Lipinski definition) is 3. The van der Waals surface area contributed by atoms with Crippen molar-refractivity contribution in [3.63, 3.8) is 0 Å². The third kappa shape index (κ3) is 8.66. The lowest BCUT2D eigenvalue weighted by Crippen LogP contribution is -2.49. The summed E-state index contributed by atoms with van der Waals surface area (Å²) in [5, 5.41) is 17.0. The average molecular weight is 732 g/mol. The monoisotopic (exact) mass is 731 g/mol. The summed E-state index contributed by atoms with van der Waals surface area (Å²) in [6.07, 6.45) is 7.84. The molecule has 2 heterocycles. The van der Waals surface area contributed by atoms with Gasteiger partial charge in [-0.1, -0.05) is 31.0 Å². The fourth-order valence-corrected chi connectivity index (χ4v) is 9.79. The van der Waals surface area contributed by atoms with Crippen LogP contribution >= 0.6 is 11.6 Å². The number of fused-ring (bicyclic) bond motifs is 4. The van der Waals surface area contributed by atoms with Crippen molar-refractivity contribution in [1.82, 2.24) is 9.62 Å². The van der Waals surface area contributed by atoms with E-state index in [1.807, 2.05) is 32.0 Å². The first-order valence-corrected chi connectivity index (χ1v) is 19.9. The molecular formula is C38H54ClN3O7S. The first kappa shape index (κ1) is 38.5. The van der Waals surface area contributed by atoms with Crippen molar-refractivity contribution in [3.8, 4) is 5.75 Å². The van der Waals surface area contributed by atoms with E-state index in [1.54, 1.807) is 25.1 Å². The molecule has 6 rings (SSSR count). The summed E-state index contributed by atoms with van der Waals surface area (Å²) in [5.74, 6) is 0.559. The highest BCUT2D eigenvalue weighted by Gasteiger charge is 2.44. The topological polar surface area (TPSA) is 136 Å². The van der Waals surface area contributed by atoms with Crippen LogP contribution in [-0.2, 0) is 26.7 Å². The number of aliphatic hydroxyl groups is 2. The average Bonchev–Trinajstić information content (AvgIpc) is 3.21. The number of halogens is 1. The summed E-state index contributed by atoms with van der Waals surface area (Å²) in [6, 6.07) is 11.4. The maximum absolute atomic E-state index is 13.3. The molecule has 0 aromatic heterocycles. The van der Waals surface area contributed by atoms with Gasteiger partial charge in [-0.05, 0) is 125 Å². The summed E-state index contributed by atoms with van der Waals surface area (Å²) in [6.45, 7) is 5.91. The van der Waals surface area contributed by atoms with Crippen molar-refractivity contribution in [2.45, 2.75) is 82.0 Å². The molecule has 7 atom stereocenters. The lowest BCUT2D eigenvalue weighted by atomic mass is 9.65. The van der Waals surface area contributed by atoms with Crippen LogP contribution in [0.4, 0.5) is 5.69 Å². The van der Waals surface area contributed by atoms with Gasteiger partial charge >= 0.3 is 0 Å². The molecule has 1 saturated carbocycles. The van der Waals surface area contributed by atoms with E-state index in [-0.39, 0.29) is 23.9 Å². The Labute approximate surface area is 302 Å². The third-order valence-electron chi connectivity index (χ3n) is 11.5. The molecule has 1 amide bonds. The van der Waals surface area contributed by atoms with E-state index >= 15 is 0 Å². The molecule has 2 aliphatic carbocycles. The van der Waals surface area contributed by atoms with E-state index in [0.29, 0.717) is 49.3 Å². The van der Waals surface area contributed by atoms with Gasteiger partial charge in [0.25, 0.3) is 5.91 Å². The molecule has 2 aliphatic heterocycles. The summed E-state index contributed by atoms with van der Waals surface area (Å²) in [5.41, 5.74) is 3.37. The molecule has 2 aromatic carbocycles. The van der Waals surface area contributed by atoms with Gasteiger partial charge in [-0.3, -0.25) is 4.79 Å². The van der Waals surface area contributed by atoms with Gasteiger partial charge in [-0.15, -0.1) is 0 Å². The standard InChI is InChI=1S/C33H41ClN2O5S.C5H13NO2/c1-21-5-3-6-26(18-37)28-11-8-25(28)17-36-19-33(14-4-7-23-15-27(34)10-12-29(23)33)20-41-31-13-9-24(16-30(31)36)32(38)35-42(39,40)22(21)2;1-6(2)3-5(8)4-7/h9-10,12-13,15-16,18,21-22,25-26,28H,3-8,11,14,17,19-20H2,1-2H3,(H,35,38);5,7-8H,3-4H2,1-2H3/t21-,22+,25-,26?,28+,33-;5-/m00/s1. The number of aryl methyl sites for hydroxylation is 1. The second kappa shape index (κ2) is 16.3. The fraction of sp³-hybridized carbons (Fsp3) is 0.632. The number of carbonyl (C=O) groups excluding carboxylic acids is 2. The smallest absolute Gasteiger partial charge is 0.264 e. The molecule has 3 N–H and O–H groups in total. The largest absolute Gasteiger partial charge is 0.490 e. The number of hydrogen-bond acceptors (Lipinski definition) is 9. The predicted octanol–water partition coefficient (Wildman–Crippen LogP) is 4.82.